The topological polar surface area (TPSA) is 99.7 Å². The minimum atomic E-state index is -0.279. The predicted octanol–water partition coefficient (Wildman–Crippen LogP) is 4.46. The number of nitrogens with zero attached hydrogens (tertiary/aromatic N) is 4. The number of pyridine rings is 2. The highest BCUT2D eigenvalue weighted by atomic mass is 16.5. The molecule has 0 spiro atoms. The van der Waals surface area contributed by atoms with Crippen molar-refractivity contribution in [3.8, 4) is 5.88 Å². The average molecular weight is 529 g/mol. The van der Waals surface area contributed by atoms with Crippen LogP contribution in [-0.4, -0.2) is 59.5 Å². The Morgan fingerprint density at radius 3 is 2.64 bits per heavy atom. The second-order valence-electron chi connectivity index (χ2n) is 11.1. The fourth-order valence-electron chi connectivity index (χ4n) is 5.26. The molecule has 2 aliphatic heterocycles. The largest absolute Gasteiger partial charge is 0.474 e. The Morgan fingerprint density at radius 2 is 1.87 bits per heavy atom. The highest BCUT2D eigenvalue weighted by molar-refractivity contribution is 6.08. The summed E-state index contributed by atoms with van der Waals surface area (Å²) in [6.07, 6.45) is 5.55. The average Bonchev–Trinajstić information content (AvgIpc) is 3.19. The van der Waals surface area contributed by atoms with Gasteiger partial charge in [0.15, 0.2) is 0 Å². The number of fused-ring (bicyclic) bond motifs is 1. The van der Waals surface area contributed by atoms with Crippen LogP contribution in [0, 0.1) is 0 Å². The molecule has 1 fully saturated rings. The van der Waals surface area contributed by atoms with Crippen molar-refractivity contribution in [2.45, 2.75) is 51.7 Å². The monoisotopic (exact) mass is 528 g/mol. The molecule has 0 atom stereocenters. The molecule has 0 radical (unpaired) electrons. The fourth-order valence-corrected chi connectivity index (χ4v) is 5.26. The first kappa shape index (κ1) is 26.6. The lowest BCUT2D eigenvalue weighted by Crippen LogP contribution is -2.35. The molecule has 204 valence electrons. The Hall–Kier alpha value is -3.98. The van der Waals surface area contributed by atoms with Crippen LogP contribution >= 0.6 is 0 Å². The molecule has 0 bridgehead atoms. The summed E-state index contributed by atoms with van der Waals surface area (Å²) in [5.74, 6) is 0.803. The molecule has 1 saturated heterocycles. The standard InChI is InChI=1S/C30H36N6O3/c1-20(37)36-19-30(2,3)25-8-7-22(17-26(25)36)34-29(38)24-6-5-12-32-28(24)33-18-21-9-13-31-27(16-21)39-23-10-14-35(4)15-11-23/h5-9,12-13,16-17,23H,10-11,14-15,18-19H2,1-4H3,(H,32,33)(H,34,38). The quantitative estimate of drug-likeness (QED) is 0.467. The number of amides is 2. The van der Waals surface area contributed by atoms with Crippen molar-refractivity contribution in [3.63, 3.8) is 0 Å². The molecular weight excluding hydrogens is 492 g/mol. The van der Waals surface area contributed by atoms with Gasteiger partial charge in [0, 0.05) is 68.4 Å². The van der Waals surface area contributed by atoms with E-state index in [0.29, 0.717) is 36.0 Å². The fraction of sp³-hybridized carbons (Fsp3) is 0.400. The van der Waals surface area contributed by atoms with Crippen LogP contribution in [0.25, 0.3) is 0 Å². The maximum atomic E-state index is 13.3. The van der Waals surface area contributed by atoms with Crippen LogP contribution in [0.4, 0.5) is 17.2 Å². The molecule has 2 aromatic heterocycles. The van der Waals surface area contributed by atoms with Crippen LogP contribution < -0.4 is 20.3 Å². The Morgan fingerprint density at radius 1 is 1.08 bits per heavy atom. The summed E-state index contributed by atoms with van der Waals surface area (Å²) in [5.41, 5.74) is 3.83. The van der Waals surface area contributed by atoms with Crippen molar-refractivity contribution < 1.29 is 14.3 Å². The summed E-state index contributed by atoms with van der Waals surface area (Å²) in [6, 6.07) is 13.1. The highest BCUT2D eigenvalue weighted by Crippen LogP contribution is 2.41. The van der Waals surface area contributed by atoms with Crippen LogP contribution in [-0.2, 0) is 16.8 Å². The number of hydrogen-bond donors (Lipinski definition) is 2. The number of piperidine rings is 1. The van der Waals surface area contributed by atoms with Gasteiger partial charge in [0.05, 0.1) is 5.56 Å². The maximum Gasteiger partial charge on any atom is 0.259 e. The molecule has 2 amide bonds. The van der Waals surface area contributed by atoms with E-state index in [1.165, 1.54) is 0 Å². The van der Waals surface area contributed by atoms with Crippen LogP contribution in [0.5, 0.6) is 5.88 Å². The zero-order valence-electron chi connectivity index (χ0n) is 23.0. The molecule has 9 nitrogen and oxygen atoms in total. The van der Waals surface area contributed by atoms with Gasteiger partial charge in [-0.15, -0.1) is 0 Å². The molecule has 4 heterocycles. The van der Waals surface area contributed by atoms with Gasteiger partial charge in [0.2, 0.25) is 11.8 Å². The summed E-state index contributed by atoms with van der Waals surface area (Å²) < 4.78 is 6.12. The number of likely N-dealkylation sites (tertiary alicyclic amines) is 1. The summed E-state index contributed by atoms with van der Waals surface area (Å²) in [6.45, 7) is 8.93. The third-order valence-electron chi connectivity index (χ3n) is 7.47. The van der Waals surface area contributed by atoms with E-state index in [2.05, 4.69) is 46.4 Å². The van der Waals surface area contributed by atoms with Gasteiger partial charge in [-0.3, -0.25) is 9.59 Å². The van der Waals surface area contributed by atoms with Gasteiger partial charge in [0.25, 0.3) is 5.91 Å². The third kappa shape index (κ3) is 6.04. The van der Waals surface area contributed by atoms with Crippen LogP contribution in [0.15, 0.2) is 54.9 Å². The van der Waals surface area contributed by atoms with E-state index >= 15 is 0 Å². The first-order valence-corrected chi connectivity index (χ1v) is 13.4. The summed E-state index contributed by atoms with van der Waals surface area (Å²) in [4.78, 5) is 38.4. The molecule has 0 unspecified atom stereocenters. The van der Waals surface area contributed by atoms with Crippen molar-refractivity contribution in [1.29, 1.82) is 0 Å². The van der Waals surface area contributed by atoms with E-state index in [9.17, 15) is 9.59 Å². The molecule has 0 saturated carbocycles. The highest BCUT2D eigenvalue weighted by Gasteiger charge is 2.37. The Balaban J connectivity index is 1.26. The molecule has 2 N–H and O–H groups in total. The number of rotatable bonds is 7. The van der Waals surface area contributed by atoms with Crippen molar-refractivity contribution >= 4 is 29.0 Å². The zero-order chi connectivity index (χ0) is 27.6. The second kappa shape index (κ2) is 11.0. The van der Waals surface area contributed by atoms with Gasteiger partial charge >= 0.3 is 0 Å². The number of hydrogen-bond acceptors (Lipinski definition) is 7. The minimum absolute atomic E-state index is 0.0138. The van der Waals surface area contributed by atoms with E-state index in [-0.39, 0.29) is 23.3 Å². The van der Waals surface area contributed by atoms with E-state index in [4.69, 9.17) is 4.74 Å². The number of ether oxygens (including phenoxy) is 1. The Labute approximate surface area is 229 Å². The SMILES string of the molecule is CC(=O)N1CC(C)(C)c2ccc(NC(=O)c3cccnc3NCc3ccnc(OC4CCN(C)CC4)c3)cc21. The van der Waals surface area contributed by atoms with Crippen LogP contribution in [0.2, 0.25) is 0 Å². The first-order valence-electron chi connectivity index (χ1n) is 13.4. The third-order valence-corrected chi connectivity index (χ3v) is 7.47. The number of carbonyl (C=O) groups excluding carboxylic acids is 2. The van der Waals surface area contributed by atoms with Crippen molar-refractivity contribution in [2.75, 3.05) is 42.2 Å². The number of benzene rings is 1. The van der Waals surface area contributed by atoms with Crippen molar-refractivity contribution in [3.05, 3.63) is 71.5 Å². The number of aromatic nitrogens is 2. The summed E-state index contributed by atoms with van der Waals surface area (Å²) in [5, 5.41) is 6.27. The van der Waals surface area contributed by atoms with Crippen molar-refractivity contribution in [1.82, 2.24) is 14.9 Å². The van der Waals surface area contributed by atoms with Gasteiger partial charge in [0.1, 0.15) is 11.9 Å². The lowest BCUT2D eigenvalue weighted by Gasteiger charge is -2.29. The Bertz CT molecular complexity index is 1370. The second-order valence-corrected chi connectivity index (χ2v) is 11.1. The van der Waals surface area contributed by atoms with Crippen molar-refractivity contribution in [2.24, 2.45) is 0 Å². The van der Waals surface area contributed by atoms with Crippen LogP contribution in [0.3, 0.4) is 0 Å². The molecule has 3 aromatic rings. The van der Waals surface area contributed by atoms with E-state index in [1.54, 1.807) is 36.4 Å². The molecule has 39 heavy (non-hydrogen) atoms. The molecule has 9 heteroatoms. The van der Waals surface area contributed by atoms with E-state index in [1.807, 2.05) is 30.3 Å². The maximum absolute atomic E-state index is 13.3. The van der Waals surface area contributed by atoms with Gasteiger partial charge < -0.3 is 25.2 Å². The Kier molecular flexibility index (Phi) is 7.52. The molecular formula is C30H36N6O3. The molecule has 2 aliphatic rings. The number of carbonyl (C=O) groups is 2. The lowest BCUT2D eigenvalue weighted by atomic mass is 9.87. The van der Waals surface area contributed by atoms with Crippen LogP contribution in [0.1, 0.15) is 55.1 Å². The van der Waals surface area contributed by atoms with Gasteiger partial charge in [-0.1, -0.05) is 19.9 Å². The smallest absolute Gasteiger partial charge is 0.259 e. The zero-order valence-corrected chi connectivity index (χ0v) is 23.0. The van der Waals surface area contributed by atoms with E-state index in [0.717, 1.165) is 42.7 Å². The van der Waals surface area contributed by atoms with Gasteiger partial charge in [-0.05, 0) is 61.3 Å². The van der Waals surface area contributed by atoms with Gasteiger partial charge in [-0.25, -0.2) is 9.97 Å². The summed E-state index contributed by atoms with van der Waals surface area (Å²) in [7, 11) is 2.13. The van der Waals surface area contributed by atoms with Gasteiger partial charge in [-0.2, -0.15) is 0 Å². The molecule has 1 aromatic carbocycles. The lowest BCUT2D eigenvalue weighted by molar-refractivity contribution is -0.116. The predicted molar refractivity (Wildman–Crippen MR) is 152 cm³/mol. The molecule has 0 aliphatic carbocycles. The van der Waals surface area contributed by atoms with E-state index < -0.39 is 0 Å². The number of anilines is 3. The molecule has 5 rings (SSSR count). The normalized spacial score (nSPS) is 17.0. The number of nitrogens with one attached hydrogen (secondary N) is 2. The minimum Gasteiger partial charge on any atom is -0.474 e. The first-order chi connectivity index (χ1) is 18.7. The summed E-state index contributed by atoms with van der Waals surface area (Å²) >= 11 is 0.